The number of hydrogen-bond donors (Lipinski definition) is 0. The summed E-state index contributed by atoms with van der Waals surface area (Å²) in [6, 6.07) is 1.55. The van der Waals surface area contributed by atoms with Gasteiger partial charge in [0.25, 0.3) is 5.91 Å². The highest BCUT2D eigenvalue weighted by Gasteiger charge is 2.29. The number of ether oxygens (including phenoxy) is 2. The lowest BCUT2D eigenvalue weighted by Gasteiger charge is -2.16. The fourth-order valence-electron chi connectivity index (χ4n) is 2.63. The Bertz CT molecular complexity index is 655. The number of likely N-dealkylation sites (tertiary alicyclic amines) is 1. The average Bonchev–Trinajstić information content (AvgIpc) is 3.26. The molecule has 0 radical (unpaired) electrons. The van der Waals surface area contributed by atoms with E-state index in [1.165, 1.54) is 14.2 Å². The predicted octanol–water partition coefficient (Wildman–Crippen LogP) is 1.66. The fraction of sp³-hybridized carbons (Fsp3) is 0.467. The summed E-state index contributed by atoms with van der Waals surface area (Å²) in [4.78, 5) is 27.0. The van der Waals surface area contributed by atoms with Crippen LogP contribution in [0.25, 0.3) is 0 Å². The molecule has 2 aromatic rings. The van der Waals surface area contributed by atoms with Crippen molar-refractivity contribution in [2.45, 2.75) is 12.8 Å². The van der Waals surface area contributed by atoms with Gasteiger partial charge in [-0.2, -0.15) is 9.97 Å². The molecule has 1 atom stereocenters. The van der Waals surface area contributed by atoms with E-state index >= 15 is 0 Å². The van der Waals surface area contributed by atoms with Gasteiger partial charge in [-0.05, 0) is 12.3 Å². The first-order valence-corrected chi connectivity index (χ1v) is 8.22. The second-order valence-corrected chi connectivity index (χ2v) is 6.29. The molecule has 0 aliphatic carbocycles. The first kappa shape index (κ1) is 15.7. The van der Waals surface area contributed by atoms with Crippen LogP contribution in [0.1, 0.15) is 22.0 Å². The van der Waals surface area contributed by atoms with Gasteiger partial charge in [0.1, 0.15) is 0 Å². The fourth-order valence-corrected chi connectivity index (χ4v) is 3.37. The molecule has 0 aromatic carbocycles. The molecule has 23 heavy (non-hydrogen) atoms. The first-order valence-electron chi connectivity index (χ1n) is 7.34. The third kappa shape index (κ3) is 3.58. The lowest BCUT2D eigenvalue weighted by atomic mass is 10.1. The van der Waals surface area contributed by atoms with Gasteiger partial charge in [-0.1, -0.05) is 0 Å². The number of carbonyl (C=O) groups excluding carboxylic acids is 1. The maximum atomic E-state index is 12.6. The standard InChI is InChI=1S/C15H18N4O3S/c1-21-11-8-12(22-2)18-14(17-11)15(20)19-5-3-10(9-19)7-13-16-4-6-23-13/h4,6,8,10H,3,5,7,9H2,1-2H3/t10-/m1/s1. The number of hydrogen-bond acceptors (Lipinski definition) is 7. The molecule has 0 saturated carbocycles. The Morgan fingerprint density at radius 1 is 1.35 bits per heavy atom. The molecule has 8 heteroatoms. The van der Waals surface area contributed by atoms with E-state index in [4.69, 9.17) is 9.47 Å². The smallest absolute Gasteiger partial charge is 0.291 e. The molecule has 1 saturated heterocycles. The van der Waals surface area contributed by atoms with Gasteiger partial charge in [0, 0.05) is 31.1 Å². The predicted molar refractivity (Wildman–Crippen MR) is 85.0 cm³/mol. The molecular formula is C15H18N4O3S. The van der Waals surface area contributed by atoms with Gasteiger partial charge >= 0.3 is 0 Å². The second-order valence-electron chi connectivity index (χ2n) is 5.31. The molecule has 1 amide bonds. The molecule has 3 heterocycles. The monoisotopic (exact) mass is 334 g/mol. The zero-order valence-corrected chi connectivity index (χ0v) is 13.9. The molecule has 1 fully saturated rings. The molecule has 1 aliphatic heterocycles. The lowest BCUT2D eigenvalue weighted by molar-refractivity contribution is 0.0772. The van der Waals surface area contributed by atoms with Crippen LogP contribution in [0.3, 0.4) is 0 Å². The summed E-state index contributed by atoms with van der Waals surface area (Å²) < 4.78 is 10.2. The van der Waals surface area contributed by atoms with Crippen LogP contribution in [0.15, 0.2) is 17.6 Å². The van der Waals surface area contributed by atoms with E-state index in [0.29, 0.717) is 30.8 Å². The SMILES string of the molecule is COc1cc(OC)nc(C(=O)N2CC[C@H](Cc3nccs3)C2)n1. The van der Waals surface area contributed by atoms with E-state index in [0.717, 1.165) is 17.8 Å². The highest BCUT2D eigenvalue weighted by molar-refractivity contribution is 7.09. The van der Waals surface area contributed by atoms with Crippen molar-refractivity contribution in [3.05, 3.63) is 28.5 Å². The van der Waals surface area contributed by atoms with Crippen LogP contribution < -0.4 is 9.47 Å². The van der Waals surface area contributed by atoms with Crippen molar-refractivity contribution < 1.29 is 14.3 Å². The lowest BCUT2D eigenvalue weighted by Crippen LogP contribution is -2.30. The Morgan fingerprint density at radius 2 is 2.09 bits per heavy atom. The van der Waals surface area contributed by atoms with Gasteiger partial charge in [0.15, 0.2) is 0 Å². The molecule has 7 nitrogen and oxygen atoms in total. The third-order valence-corrected chi connectivity index (χ3v) is 4.61. The van der Waals surface area contributed by atoms with E-state index in [1.807, 2.05) is 11.6 Å². The third-order valence-electron chi connectivity index (χ3n) is 3.81. The summed E-state index contributed by atoms with van der Waals surface area (Å²) in [7, 11) is 2.99. The van der Waals surface area contributed by atoms with Crippen molar-refractivity contribution in [2.24, 2.45) is 5.92 Å². The number of methoxy groups -OCH3 is 2. The summed E-state index contributed by atoms with van der Waals surface area (Å²) in [5, 5.41) is 3.09. The molecule has 2 aromatic heterocycles. The summed E-state index contributed by atoms with van der Waals surface area (Å²) in [6.07, 6.45) is 3.68. The first-order chi connectivity index (χ1) is 11.2. The quantitative estimate of drug-likeness (QED) is 0.827. The van der Waals surface area contributed by atoms with Crippen LogP contribution in [0.5, 0.6) is 11.8 Å². The Kier molecular flexibility index (Phi) is 4.71. The van der Waals surface area contributed by atoms with Crippen molar-refractivity contribution >= 4 is 17.2 Å². The number of rotatable bonds is 5. The molecule has 1 aliphatic rings. The van der Waals surface area contributed by atoms with Crippen LogP contribution in [0, 0.1) is 5.92 Å². The van der Waals surface area contributed by atoms with Gasteiger partial charge < -0.3 is 14.4 Å². The van der Waals surface area contributed by atoms with Crippen molar-refractivity contribution in [1.29, 1.82) is 0 Å². The Morgan fingerprint density at radius 3 is 2.70 bits per heavy atom. The topological polar surface area (TPSA) is 77.4 Å². The minimum atomic E-state index is -0.191. The van der Waals surface area contributed by atoms with Gasteiger partial charge in [0.2, 0.25) is 17.6 Å². The molecule has 0 bridgehead atoms. The summed E-state index contributed by atoms with van der Waals surface area (Å²) in [5.74, 6) is 0.981. The molecule has 3 rings (SSSR count). The van der Waals surface area contributed by atoms with E-state index in [2.05, 4.69) is 15.0 Å². The Labute approximate surface area is 138 Å². The summed E-state index contributed by atoms with van der Waals surface area (Å²) in [5.41, 5.74) is 0. The van der Waals surface area contributed by atoms with Crippen LogP contribution in [0.4, 0.5) is 0 Å². The molecule has 0 N–H and O–H groups in total. The zero-order chi connectivity index (χ0) is 16.2. The van der Waals surface area contributed by atoms with Crippen molar-refractivity contribution in [2.75, 3.05) is 27.3 Å². The van der Waals surface area contributed by atoms with E-state index < -0.39 is 0 Å². The number of nitrogens with zero attached hydrogens (tertiary/aromatic N) is 4. The minimum absolute atomic E-state index is 0.107. The Balaban J connectivity index is 1.69. The van der Waals surface area contributed by atoms with Gasteiger partial charge in [0.05, 0.1) is 25.3 Å². The van der Waals surface area contributed by atoms with Crippen LogP contribution in [-0.4, -0.2) is 53.1 Å². The average molecular weight is 334 g/mol. The number of amides is 1. The second kappa shape index (κ2) is 6.91. The van der Waals surface area contributed by atoms with Gasteiger partial charge in [-0.3, -0.25) is 4.79 Å². The van der Waals surface area contributed by atoms with Crippen molar-refractivity contribution in [3.8, 4) is 11.8 Å². The number of thiazole rings is 1. The van der Waals surface area contributed by atoms with E-state index in [9.17, 15) is 4.79 Å². The maximum absolute atomic E-state index is 12.6. The van der Waals surface area contributed by atoms with Crippen LogP contribution >= 0.6 is 11.3 Å². The van der Waals surface area contributed by atoms with Crippen molar-refractivity contribution in [1.82, 2.24) is 19.9 Å². The maximum Gasteiger partial charge on any atom is 0.291 e. The molecule has 0 spiro atoms. The van der Waals surface area contributed by atoms with E-state index in [1.54, 1.807) is 22.3 Å². The van der Waals surface area contributed by atoms with Crippen molar-refractivity contribution in [3.63, 3.8) is 0 Å². The normalized spacial score (nSPS) is 17.3. The zero-order valence-electron chi connectivity index (χ0n) is 13.1. The van der Waals surface area contributed by atoms with Crippen LogP contribution in [0.2, 0.25) is 0 Å². The highest BCUT2D eigenvalue weighted by atomic mass is 32.1. The number of carbonyl (C=O) groups is 1. The van der Waals surface area contributed by atoms with Crippen LogP contribution in [-0.2, 0) is 6.42 Å². The molecule has 122 valence electrons. The van der Waals surface area contributed by atoms with Gasteiger partial charge in [-0.25, -0.2) is 4.98 Å². The largest absolute Gasteiger partial charge is 0.481 e. The minimum Gasteiger partial charge on any atom is -0.481 e. The van der Waals surface area contributed by atoms with E-state index in [-0.39, 0.29) is 11.7 Å². The number of aromatic nitrogens is 3. The summed E-state index contributed by atoms with van der Waals surface area (Å²) >= 11 is 1.65. The Hall–Kier alpha value is -2.22. The molecule has 0 unspecified atom stereocenters. The highest BCUT2D eigenvalue weighted by Crippen LogP contribution is 2.24. The molecular weight excluding hydrogens is 316 g/mol. The van der Waals surface area contributed by atoms with Gasteiger partial charge in [-0.15, -0.1) is 11.3 Å². The summed E-state index contributed by atoms with van der Waals surface area (Å²) in [6.45, 7) is 1.40.